The summed E-state index contributed by atoms with van der Waals surface area (Å²) in [6, 6.07) is 18.2. The molecule has 1 saturated heterocycles. The molecule has 33 heavy (non-hydrogen) atoms. The molecule has 1 amide bonds. The van der Waals surface area contributed by atoms with E-state index in [1.54, 1.807) is 30.2 Å². The first-order valence-electron chi connectivity index (χ1n) is 11.0. The molecule has 0 aliphatic carbocycles. The van der Waals surface area contributed by atoms with Crippen molar-refractivity contribution in [3.63, 3.8) is 0 Å². The monoisotopic (exact) mass is 464 g/mol. The van der Waals surface area contributed by atoms with Gasteiger partial charge in [0.25, 0.3) is 5.91 Å². The van der Waals surface area contributed by atoms with Crippen LogP contribution in [0.1, 0.15) is 27.0 Å². The summed E-state index contributed by atoms with van der Waals surface area (Å²) in [5.74, 6) is -0.143. The van der Waals surface area contributed by atoms with E-state index >= 15 is 0 Å². The maximum Gasteiger partial charge on any atom is 0.253 e. The van der Waals surface area contributed by atoms with E-state index in [-0.39, 0.29) is 17.3 Å². The van der Waals surface area contributed by atoms with Gasteiger partial charge in [0.1, 0.15) is 0 Å². The summed E-state index contributed by atoms with van der Waals surface area (Å²) >= 11 is 0. The number of rotatable bonds is 7. The van der Waals surface area contributed by atoms with Crippen LogP contribution in [0.3, 0.4) is 0 Å². The number of nitrogens with one attached hydrogen (secondary N) is 1. The standard InChI is InChI=1S/C25H28N4O3S/c1-20-9-10-23(16-24(20)33(31,32)27-18-21-6-3-2-4-7-21)25(30)29-14-12-28(13-15-29)19-22-8-5-11-26-17-22/h2-11,16-17,27H,12-15,18-19H2,1H3. The smallest absolute Gasteiger partial charge is 0.253 e. The molecule has 0 atom stereocenters. The van der Waals surface area contributed by atoms with E-state index in [1.807, 2.05) is 48.7 Å². The van der Waals surface area contributed by atoms with E-state index in [4.69, 9.17) is 0 Å². The van der Waals surface area contributed by atoms with Crippen LogP contribution in [0.25, 0.3) is 0 Å². The Morgan fingerprint density at radius 3 is 2.39 bits per heavy atom. The highest BCUT2D eigenvalue weighted by molar-refractivity contribution is 7.89. The van der Waals surface area contributed by atoms with E-state index in [0.717, 1.165) is 30.8 Å². The lowest BCUT2D eigenvalue weighted by Gasteiger charge is -2.34. The molecule has 8 heteroatoms. The first-order chi connectivity index (χ1) is 15.9. The Bertz CT molecular complexity index is 1190. The van der Waals surface area contributed by atoms with Gasteiger partial charge in [-0.1, -0.05) is 42.5 Å². The molecule has 1 aliphatic heterocycles. The van der Waals surface area contributed by atoms with E-state index in [2.05, 4.69) is 14.6 Å². The SMILES string of the molecule is Cc1ccc(C(=O)N2CCN(Cc3cccnc3)CC2)cc1S(=O)(=O)NCc1ccccc1. The topological polar surface area (TPSA) is 82.6 Å². The molecule has 172 valence electrons. The molecular formula is C25H28N4O3S. The van der Waals surface area contributed by atoms with Crippen molar-refractivity contribution in [1.82, 2.24) is 19.5 Å². The largest absolute Gasteiger partial charge is 0.336 e. The van der Waals surface area contributed by atoms with Crippen molar-refractivity contribution in [1.29, 1.82) is 0 Å². The molecule has 0 radical (unpaired) electrons. The summed E-state index contributed by atoms with van der Waals surface area (Å²) in [4.78, 5) is 21.5. The molecule has 0 spiro atoms. The van der Waals surface area contributed by atoms with Crippen LogP contribution in [-0.4, -0.2) is 55.3 Å². The van der Waals surface area contributed by atoms with Gasteiger partial charge in [0, 0.05) is 57.2 Å². The second-order valence-electron chi connectivity index (χ2n) is 8.22. The van der Waals surface area contributed by atoms with Crippen LogP contribution in [0.5, 0.6) is 0 Å². The van der Waals surface area contributed by atoms with E-state index in [1.165, 1.54) is 6.07 Å². The fraction of sp³-hybridized carbons (Fsp3) is 0.280. The summed E-state index contributed by atoms with van der Waals surface area (Å²) in [5.41, 5.74) is 3.01. The van der Waals surface area contributed by atoms with Crippen molar-refractivity contribution in [2.45, 2.75) is 24.9 Å². The fourth-order valence-electron chi connectivity index (χ4n) is 3.92. The third kappa shape index (κ3) is 5.84. The number of carbonyl (C=O) groups is 1. The number of aryl methyl sites for hydroxylation is 1. The van der Waals surface area contributed by atoms with Crippen molar-refractivity contribution in [3.8, 4) is 0 Å². The lowest BCUT2D eigenvalue weighted by molar-refractivity contribution is 0.0628. The highest BCUT2D eigenvalue weighted by Gasteiger charge is 2.24. The third-order valence-corrected chi connectivity index (χ3v) is 7.37. The second-order valence-corrected chi connectivity index (χ2v) is 9.96. The molecule has 0 bridgehead atoms. The maximum atomic E-state index is 13.1. The van der Waals surface area contributed by atoms with Gasteiger partial charge in [-0.15, -0.1) is 0 Å². The third-order valence-electron chi connectivity index (χ3n) is 5.82. The van der Waals surface area contributed by atoms with E-state index in [0.29, 0.717) is 24.2 Å². The van der Waals surface area contributed by atoms with Crippen LogP contribution >= 0.6 is 0 Å². The van der Waals surface area contributed by atoms with Gasteiger partial charge in [-0.05, 0) is 41.8 Å². The minimum Gasteiger partial charge on any atom is -0.336 e. The summed E-state index contributed by atoms with van der Waals surface area (Å²) in [5, 5.41) is 0. The summed E-state index contributed by atoms with van der Waals surface area (Å²) in [7, 11) is -3.75. The van der Waals surface area contributed by atoms with Gasteiger partial charge in [-0.25, -0.2) is 13.1 Å². The van der Waals surface area contributed by atoms with Crippen molar-refractivity contribution in [2.24, 2.45) is 0 Å². The molecule has 3 aromatic rings. The summed E-state index contributed by atoms with van der Waals surface area (Å²) in [6.07, 6.45) is 3.62. The normalized spacial score (nSPS) is 14.9. The quantitative estimate of drug-likeness (QED) is 0.581. The molecule has 4 rings (SSSR count). The minimum atomic E-state index is -3.75. The predicted octanol–water partition coefficient (Wildman–Crippen LogP) is 2.83. The van der Waals surface area contributed by atoms with Crippen molar-refractivity contribution < 1.29 is 13.2 Å². The molecule has 0 saturated carbocycles. The molecule has 2 heterocycles. The van der Waals surface area contributed by atoms with Gasteiger partial charge in [0.2, 0.25) is 10.0 Å². The van der Waals surface area contributed by atoms with Crippen LogP contribution < -0.4 is 4.72 Å². The average Bonchev–Trinajstić information content (AvgIpc) is 2.84. The number of aromatic nitrogens is 1. The van der Waals surface area contributed by atoms with Crippen molar-refractivity contribution in [2.75, 3.05) is 26.2 Å². The highest BCUT2D eigenvalue weighted by atomic mass is 32.2. The highest BCUT2D eigenvalue weighted by Crippen LogP contribution is 2.20. The average molecular weight is 465 g/mol. The van der Waals surface area contributed by atoms with Crippen LogP contribution in [0.15, 0.2) is 78.0 Å². The van der Waals surface area contributed by atoms with Crippen LogP contribution in [0.4, 0.5) is 0 Å². The molecule has 1 aliphatic rings. The Labute approximate surface area is 195 Å². The Kier molecular flexibility index (Phi) is 7.17. The van der Waals surface area contributed by atoms with Gasteiger partial charge in [0.15, 0.2) is 0 Å². The number of benzene rings is 2. The molecule has 1 aromatic heterocycles. The Morgan fingerprint density at radius 1 is 0.970 bits per heavy atom. The zero-order chi connectivity index (χ0) is 23.3. The Hall–Kier alpha value is -3.07. The van der Waals surface area contributed by atoms with Gasteiger partial charge in [-0.3, -0.25) is 14.7 Å². The summed E-state index contributed by atoms with van der Waals surface area (Å²) in [6.45, 7) is 5.45. The number of sulfonamides is 1. The number of amides is 1. The van der Waals surface area contributed by atoms with Crippen molar-refractivity contribution >= 4 is 15.9 Å². The fourth-order valence-corrected chi connectivity index (χ4v) is 5.20. The molecular weight excluding hydrogens is 436 g/mol. The number of hydrogen-bond donors (Lipinski definition) is 1. The summed E-state index contributed by atoms with van der Waals surface area (Å²) < 4.78 is 28.5. The van der Waals surface area contributed by atoms with Crippen LogP contribution in [-0.2, 0) is 23.1 Å². The first-order valence-corrected chi connectivity index (χ1v) is 12.5. The van der Waals surface area contributed by atoms with Gasteiger partial charge < -0.3 is 4.90 Å². The minimum absolute atomic E-state index is 0.138. The van der Waals surface area contributed by atoms with Gasteiger partial charge >= 0.3 is 0 Å². The molecule has 0 unspecified atom stereocenters. The molecule has 2 aromatic carbocycles. The van der Waals surface area contributed by atoms with Crippen LogP contribution in [0, 0.1) is 6.92 Å². The predicted molar refractivity (Wildman–Crippen MR) is 127 cm³/mol. The van der Waals surface area contributed by atoms with E-state index in [9.17, 15) is 13.2 Å². The maximum absolute atomic E-state index is 13.1. The number of hydrogen-bond acceptors (Lipinski definition) is 5. The Morgan fingerprint density at radius 2 is 1.70 bits per heavy atom. The zero-order valence-electron chi connectivity index (χ0n) is 18.6. The number of carbonyl (C=O) groups excluding carboxylic acids is 1. The second kappa shape index (κ2) is 10.2. The number of nitrogens with zero attached hydrogens (tertiary/aromatic N) is 3. The lowest BCUT2D eigenvalue weighted by atomic mass is 10.1. The Balaban J connectivity index is 1.41. The van der Waals surface area contributed by atoms with Gasteiger partial charge in [0.05, 0.1) is 4.90 Å². The lowest BCUT2D eigenvalue weighted by Crippen LogP contribution is -2.48. The number of piperazine rings is 1. The molecule has 7 nitrogen and oxygen atoms in total. The first kappa shape index (κ1) is 23.1. The molecule has 1 fully saturated rings. The van der Waals surface area contributed by atoms with Gasteiger partial charge in [-0.2, -0.15) is 0 Å². The molecule has 1 N–H and O–H groups in total. The van der Waals surface area contributed by atoms with Crippen LogP contribution in [0.2, 0.25) is 0 Å². The number of pyridine rings is 1. The van der Waals surface area contributed by atoms with Crippen molar-refractivity contribution in [3.05, 3.63) is 95.3 Å². The van der Waals surface area contributed by atoms with E-state index < -0.39 is 10.0 Å². The zero-order valence-corrected chi connectivity index (χ0v) is 19.5.